The average Bonchev–Trinajstić information content (AvgIpc) is 3.84. The molecule has 0 bridgehead atoms. The average molecular weight is 967 g/mol. The Kier molecular flexibility index (Phi) is 11.2. The molecule has 0 N–H and O–H groups in total. The summed E-state index contributed by atoms with van der Waals surface area (Å²) in [5, 5.41) is 7.37. The molecule has 0 aliphatic heterocycles. The molecule has 0 saturated heterocycles. The van der Waals surface area contributed by atoms with Gasteiger partial charge in [-0.1, -0.05) is 231 Å². The first kappa shape index (κ1) is 44.7. The molecule has 0 fully saturated rings. The zero-order valence-corrected chi connectivity index (χ0v) is 41.8. The second-order valence-corrected chi connectivity index (χ2v) is 19.6. The van der Waals surface area contributed by atoms with Gasteiger partial charge in [0.05, 0.1) is 11.0 Å². The van der Waals surface area contributed by atoms with Gasteiger partial charge in [-0.05, 0) is 161 Å². The maximum atomic E-state index is 2.47. The van der Waals surface area contributed by atoms with Crippen LogP contribution >= 0.6 is 0 Å². The van der Waals surface area contributed by atoms with E-state index in [0.717, 1.165) is 33.8 Å². The van der Waals surface area contributed by atoms with Crippen molar-refractivity contribution in [2.75, 3.05) is 4.90 Å². The molecule has 14 aromatic rings. The Balaban J connectivity index is 0.878. The van der Waals surface area contributed by atoms with E-state index in [0.29, 0.717) is 0 Å². The lowest BCUT2D eigenvalue weighted by Gasteiger charge is -2.26. The molecule has 0 aliphatic rings. The summed E-state index contributed by atoms with van der Waals surface area (Å²) in [5.74, 6) is 0. The summed E-state index contributed by atoms with van der Waals surface area (Å²) in [6, 6.07) is 111. The highest BCUT2D eigenvalue weighted by Gasteiger charge is 2.20. The summed E-state index contributed by atoms with van der Waals surface area (Å²) in [6.45, 7) is 0. The molecule has 1 heterocycles. The predicted molar refractivity (Wildman–Crippen MR) is 323 cm³/mol. The molecule has 1 aromatic heterocycles. The van der Waals surface area contributed by atoms with Gasteiger partial charge in [0.25, 0.3) is 0 Å². The fraction of sp³-hybridized carbons (Fsp3) is 0. The van der Waals surface area contributed by atoms with Gasteiger partial charge in [-0.15, -0.1) is 0 Å². The first-order valence-corrected chi connectivity index (χ1v) is 26.2. The quantitative estimate of drug-likeness (QED) is 0.133. The van der Waals surface area contributed by atoms with Gasteiger partial charge in [-0.25, -0.2) is 0 Å². The van der Waals surface area contributed by atoms with Crippen molar-refractivity contribution < 1.29 is 0 Å². The molecule has 14 rings (SSSR count). The van der Waals surface area contributed by atoms with Gasteiger partial charge in [0.15, 0.2) is 0 Å². The summed E-state index contributed by atoms with van der Waals surface area (Å²) < 4.78 is 2.47. The number of benzene rings is 13. The lowest BCUT2D eigenvalue weighted by Crippen LogP contribution is -2.09. The van der Waals surface area contributed by atoms with Crippen LogP contribution in [0.2, 0.25) is 0 Å². The third-order valence-corrected chi connectivity index (χ3v) is 15.2. The van der Waals surface area contributed by atoms with E-state index in [1.54, 1.807) is 0 Å². The Morgan fingerprint density at radius 1 is 0.211 bits per heavy atom. The largest absolute Gasteiger partial charge is 0.310 e. The number of hydrogen-bond donors (Lipinski definition) is 0. The van der Waals surface area contributed by atoms with E-state index in [4.69, 9.17) is 0 Å². The molecule has 0 spiro atoms. The van der Waals surface area contributed by atoms with E-state index in [1.165, 1.54) is 99.0 Å². The van der Waals surface area contributed by atoms with Crippen LogP contribution < -0.4 is 4.90 Å². The molecule has 2 heteroatoms. The Morgan fingerprint density at radius 2 is 0.618 bits per heavy atom. The third kappa shape index (κ3) is 8.01. The van der Waals surface area contributed by atoms with Crippen LogP contribution in [0, 0.1) is 0 Å². The van der Waals surface area contributed by atoms with Crippen molar-refractivity contribution >= 4 is 60.4 Å². The summed E-state index contributed by atoms with van der Waals surface area (Å²) in [5.41, 5.74) is 21.0. The highest BCUT2D eigenvalue weighted by Crippen LogP contribution is 2.44. The maximum Gasteiger partial charge on any atom is 0.0541 e. The van der Waals surface area contributed by atoms with E-state index in [1.807, 2.05) is 0 Å². The van der Waals surface area contributed by atoms with Gasteiger partial charge in [0.2, 0.25) is 0 Å². The van der Waals surface area contributed by atoms with E-state index in [2.05, 4.69) is 313 Å². The SMILES string of the molecule is c1ccc(-c2ccccc2-c2ccc(N(c3ccccc3)c3cccc(-c4ccccc4-c4ccc5c(c4)c4ccccc4n5-c4cc(-c5cccc6ccccc56)cc(-c5cccc6ccccc56)c4)c3)cc2)cc1. The van der Waals surface area contributed by atoms with Crippen LogP contribution in [0.3, 0.4) is 0 Å². The lowest BCUT2D eigenvalue weighted by molar-refractivity contribution is 1.18. The van der Waals surface area contributed by atoms with Crippen molar-refractivity contribution in [2.24, 2.45) is 0 Å². The molecule has 356 valence electrons. The van der Waals surface area contributed by atoms with E-state index >= 15 is 0 Å². The Bertz CT molecular complexity index is 4350. The fourth-order valence-corrected chi connectivity index (χ4v) is 11.6. The molecular weight excluding hydrogens is 917 g/mol. The zero-order valence-electron chi connectivity index (χ0n) is 41.8. The zero-order chi connectivity index (χ0) is 50.4. The van der Waals surface area contributed by atoms with Crippen molar-refractivity contribution in [3.8, 4) is 72.4 Å². The first-order valence-electron chi connectivity index (χ1n) is 26.2. The molecule has 0 saturated carbocycles. The first-order chi connectivity index (χ1) is 37.7. The van der Waals surface area contributed by atoms with Crippen molar-refractivity contribution in [1.29, 1.82) is 0 Å². The number of para-hydroxylation sites is 2. The van der Waals surface area contributed by atoms with Gasteiger partial charge < -0.3 is 9.47 Å². The van der Waals surface area contributed by atoms with Crippen LogP contribution in [0.15, 0.2) is 303 Å². The molecule has 2 nitrogen and oxygen atoms in total. The highest BCUT2D eigenvalue weighted by molar-refractivity contribution is 6.11. The highest BCUT2D eigenvalue weighted by atomic mass is 15.1. The lowest BCUT2D eigenvalue weighted by atomic mass is 9.92. The summed E-state index contributed by atoms with van der Waals surface area (Å²) in [7, 11) is 0. The smallest absolute Gasteiger partial charge is 0.0541 e. The molecule has 0 amide bonds. The minimum atomic E-state index is 1.09. The number of anilines is 3. The molecule has 13 aromatic carbocycles. The van der Waals surface area contributed by atoms with Crippen molar-refractivity contribution in [3.63, 3.8) is 0 Å². The van der Waals surface area contributed by atoms with Crippen LogP contribution in [0.25, 0.3) is 116 Å². The second-order valence-electron chi connectivity index (χ2n) is 19.6. The Labute approximate surface area is 443 Å². The molecule has 0 unspecified atom stereocenters. The molecule has 76 heavy (non-hydrogen) atoms. The Morgan fingerprint density at radius 3 is 1.25 bits per heavy atom. The van der Waals surface area contributed by atoms with Crippen LogP contribution in [-0.2, 0) is 0 Å². The summed E-state index contributed by atoms with van der Waals surface area (Å²) in [4.78, 5) is 2.36. The van der Waals surface area contributed by atoms with E-state index in [-0.39, 0.29) is 0 Å². The molecule has 0 atom stereocenters. The van der Waals surface area contributed by atoms with E-state index < -0.39 is 0 Å². The topological polar surface area (TPSA) is 8.17 Å². The minimum absolute atomic E-state index is 1.09. The third-order valence-electron chi connectivity index (χ3n) is 15.2. The van der Waals surface area contributed by atoms with Crippen LogP contribution in [0.4, 0.5) is 17.1 Å². The standard InChI is InChI=1S/C74H50N2/c1-3-20-51(21-4-1)63-32-11-12-33-66(63)54-40-43-60(44-41-54)75(59-27-5-2-6-28-59)61-29-17-26-55(47-61)67-34-13-14-35-68(67)56-42-45-74-72(50-56)71-36-15-16-39-73(71)76(74)62-48-57(69-37-18-24-52-22-7-9-30-64(52)69)46-58(49-62)70-38-19-25-53-23-8-10-31-65(53)70/h1-50H. The van der Waals surface area contributed by atoms with Crippen LogP contribution in [0.1, 0.15) is 0 Å². The number of hydrogen-bond acceptors (Lipinski definition) is 1. The van der Waals surface area contributed by atoms with Crippen LogP contribution in [0.5, 0.6) is 0 Å². The van der Waals surface area contributed by atoms with Crippen molar-refractivity contribution in [1.82, 2.24) is 4.57 Å². The number of nitrogens with zero attached hydrogens (tertiary/aromatic N) is 2. The van der Waals surface area contributed by atoms with Gasteiger partial charge in [-0.3, -0.25) is 0 Å². The van der Waals surface area contributed by atoms with Crippen molar-refractivity contribution in [3.05, 3.63) is 303 Å². The fourth-order valence-electron chi connectivity index (χ4n) is 11.6. The predicted octanol–water partition coefficient (Wildman–Crippen LogP) is 20.6. The van der Waals surface area contributed by atoms with Crippen LogP contribution in [-0.4, -0.2) is 4.57 Å². The molecular formula is C74H50N2. The van der Waals surface area contributed by atoms with Gasteiger partial charge in [0.1, 0.15) is 0 Å². The number of aromatic nitrogens is 1. The molecule has 0 radical (unpaired) electrons. The molecule has 0 aliphatic carbocycles. The Hall–Kier alpha value is -10.0. The van der Waals surface area contributed by atoms with Gasteiger partial charge >= 0.3 is 0 Å². The minimum Gasteiger partial charge on any atom is -0.310 e. The number of fused-ring (bicyclic) bond motifs is 5. The second kappa shape index (κ2) is 19.1. The summed E-state index contributed by atoms with van der Waals surface area (Å²) >= 11 is 0. The normalized spacial score (nSPS) is 11.4. The van der Waals surface area contributed by atoms with Gasteiger partial charge in [0, 0.05) is 33.5 Å². The van der Waals surface area contributed by atoms with E-state index in [9.17, 15) is 0 Å². The maximum absolute atomic E-state index is 2.47. The monoisotopic (exact) mass is 966 g/mol. The summed E-state index contributed by atoms with van der Waals surface area (Å²) in [6.07, 6.45) is 0. The number of rotatable bonds is 10. The van der Waals surface area contributed by atoms with Crippen molar-refractivity contribution in [2.45, 2.75) is 0 Å². The van der Waals surface area contributed by atoms with Gasteiger partial charge in [-0.2, -0.15) is 0 Å².